The van der Waals surface area contributed by atoms with Crippen LogP contribution in [0.4, 0.5) is 8.78 Å². The van der Waals surface area contributed by atoms with Crippen molar-refractivity contribution in [2.75, 3.05) is 13.2 Å². The lowest BCUT2D eigenvalue weighted by atomic mass is 9.83. The molecule has 0 saturated carbocycles. The van der Waals surface area contributed by atoms with Gasteiger partial charge in [-0.2, -0.15) is 0 Å². The molecule has 1 heterocycles. The van der Waals surface area contributed by atoms with Crippen molar-refractivity contribution in [1.82, 2.24) is 5.32 Å². The van der Waals surface area contributed by atoms with Crippen LogP contribution in [0.25, 0.3) is 0 Å². The molecule has 0 radical (unpaired) electrons. The molecule has 2 atom stereocenters. The smallest absolute Gasteiger partial charge is 0.306 e. The van der Waals surface area contributed by atoms with Crippen LogP contribution < -0.4 is 10.1 Å². The standard InChI is InChI=1S/C33H36F2N2O6/c1-32(2,3)43-28(39)16-17-33(31(40)36-21-24-10-13-25(34)20-27(24)35)29(22-8-5-4-6-9-22)42-30(37-33)23-11-14-26(15-12-23)41-19-7-18-38/h4-6,8-15,20,29,38H,7,16-19,21H2,1-3H3,(H,36,40)/t29-,33-/m1/s1. The zero-order valence-electron chi connectivity index (χ0n) is 24.4. The fraction of sp³-hybridized carbons (Fsp3) is 0.364. The summed E-state index contributed by atoms with van der Waals surface area (Å²) >= 11 is 0. The van der Waals surface area contributed by atoms with Gasteiger partial charge in [0.25, 0.3) is 5.91 Å². The minimum Gasteiger partial charge on any atom is -0.494 e. The second-order valence-electron chi connectivity index (χ2n) is 11.2. The summed E-state index contributed by atoms with van der Waals surface area (Å²) in [5.41, 5.74) is -1.04. The van der Waals surface area contributed by atoms with Gasteiger partial charge in [0, 0.05) is 43.2 Å². The first-order valence-corrected chi connectivity index (χ1v) is 14.1. The second-order valence-corrected chi connectivity index (χ2v) is 11.2. The Morgan fingerprint density at radius 3 is 2.42 bits per heavy atom. The molecular weight excluding hydrogens is 558 g/mol. The lowest BCUT2D eigenvalue weighted by Gasteiger charge is -2.31. The molecule has 0 spiro atoms. The number of hydrogen-bond acceptors (Lipinski definition) is 7. The summed E-state index contributed by atoms with van der Waals surface area (Å²) in [6.45, 7) is 5.40. The fourth-order valence-electron chi connectivity index (χ4n) is 4.68. The average molecular weight is 595 g/mol. The van der Waals surface area contributed by atoms with Gasteiger partial charge in [-0.15, -0.1) is 0 Å². The molecule has 228 valence electrons. The highest BCUT2D eigenvalue weighted by Gasteiger charge is 2.53. The van der Waals surface area contributed by atoms with Crippen LogP contribution in [0.15, 0.2) is 77.8 Å². The number of amides is 1. The maximum Gasteiger partial charge on any atom is 0.306 e. The fourth-order valence-corrected chi connectivity index (χ4v) is 4.68. The number of benzene rings is 3. The van der Waals surface area contributed by atoms with Crippen molar-refractivity contribution < 1.29 is 37.7 Å². The Morgan fingerprint density at radius 1 is 1.05 bits per heavy atom. The minimum atomic E-state index is -1.62. The van der Waals surface area contributed by atoms with E-state index >= 15 is 0 Å². The summed E-state index contributed by atoms with van der Waals surface area (Å²) in [7, 11) is 0. The van der Waals surface area contributed by atoms with E-state index in [-0.39, 0.29) is 37.5 Å². The number of hydrogen-bond donors (Lipinski definition) is 2. The molecule has 0 bridgehead atoms. The van der Waals surface area contributed by atoms with Crippen LogP contribution in [0.2, 0.25) is 0 Å². The molecule has 8 nitrogen and oxygen atoms in total. The first kappa shape index (κ1) is 31.6. The van der Waals surface area contributed by atoms with E-state index in [0.29, 0.717) is 29.9 Å². The van der Waals surface area contributed by atoms with Crippen molar-refractivity contribution in [3.8, 4) is 5.75 Å². The number of aliphatic hydroxyl groups is 1. The molecule has 1 aliphatic heterocycles. The Balaban J connectivity index is 1.70. The Morgan fingerprint density at radius 2 is 1.77 bits per heavy atom. The van der Waals surface area contributed by atoms with Crippen LogP contribution in [-0.4, -0.2) is 47.2 Å². The molecule has 1 aliphatic rings. The number of esters is 1. The van der Waals surface area contributed by atoms with E-state index in [1.165, 1.54) is 6.07 Å². The van der Waals surface area contributed by atoms with Crippen LogP contribution in [0.3, 0.4) is 0 Å². The molecule has 3 aromatic carbocycles. The molecule has 0 aliphatic carbocycles. The third-order valence-corrected chi connectivity index (χ3v) is 6.72. The van der Waals surface area contributed by atoms with Crippen LogP contribution in [0, 0.1) is 11.6 Å². The minimum absolute atomic E-state index is 0.0187. The SMILES string of the molecule is CC(C)(C)OC(=O)CC[C@@]1(C(=O)NCc2ccc(F)cc2F)N=C(c2ccc(OCCCO)cc2)O[C@@H]1c1ccccc1. The van der Waals surface area contributed by atoms with Crippen molar-refractivity contribution in [3.63, 3.8) is 0 Å². The van der Waals surface area contributed by atoms with Gasteiger partial charge in [-0.1, -0.05) is 36.4 Å². The average Bonchev–Trinajstić information content (AvgIpc) is 3.37. The molecule has 0 aromatic heterocycles. The molecular formula is C33H36F2N2O6. The molecule has 43 heavy (non-hydrogen) atoms. The molecule has 0 unspecified atom stereocenters. The molecule has 2 N–H and O–H groups in total. The zero-order valence-corrected chi connectivity index (χ0v) is 24.4. The largest absolute Gasteiger partial charge is 0.494 e. The normalized spacial score (nSPS) is 18.0. The van der Waals surface area contributed by atoms with E-state index in [2.05, 4.69) is 5.32 Å². The highest BCUT2D eigenvalue weighted by molar-refractivity contribution is 6.01. The maximum absolute atomic E-state index is 14.4. The van der Waals surface area contributed by atoms with Crippen LogP contribution in [0.5, 0.6) is 5.75 Å². The van der Waals surface area contributed by atoms with Gasteiger partial charge in [0.05, 0.1) is 6.61 Å². The molecule has 10 heteroatoms. The number of carbonyl (C=O) groups excluding carboxylic acids is 2. The number of aliphatic hydroxyl groups excluding tert-OH is 1. The Hall–Kier alpha value is -4.31. The van der Waals surface area contributed by atoms with Gasteiger partial charge in [0.15, 0.2) is 11.6 Å². The number of rotatable bonds is 12. The van der Waals surface area contributed by atoms with Crippen molar-refractivity contribution >= 4 is 17.8 Å². The van der Waals surface area contributed by atoms with Crippen molar-refractivity contribution in [1.29, 1.82) is 0 Å². The first-order chi connectivity index (χ1) is 20.5. The van der Waals surface area contributed by atoms with Crippen molar-refractivity contribution in [2.45, 2.75) is 63.8 Å². The number of nitrogens with one attached hydrogen (secondary N) is 1. The van der Waals surface area contributed by atoms with Gasteiger partial charge in [0.1, 0.15) is 23.0 Å². The number of aliphatic imine (C=N–C) groups is 1. The van der Waals surface area contributed by atoms with Gasteiger partial charge in [0.2, 0.25) is 5.90 Å². The highest BCUT2D eigenvalue weighted by Crippen LogP contribution is 2.43. The highest BCUT2D eigenvalue weighted by atomic mass is 19.1. The van der Waals surface area contributed by atoms with Crippen LogP contribution in [-0.2, 0) is 25.6 Å². The topological polar surface area (TPSA) is 106 Å². The number of halogens is 2. The molecule has 3 aromatic rings. The summed E-state index contributed by atoms with van der Waals surface area (Å²) in [5.74, 6) is -1.85. The van der Waals surface area contributed by atoms with Gasteiger partial charge in [-0.3, -0.25) is 9.59 Å². The molecule has 1 amide bonds. The molecule has 0 fully saturated rings. The Bertz CT molecular complexity index is 1440. The van der Waals surface area contributed by atoms with Crippen LogP contribution in [0.1, 0.15) is 62.8 Å². The lowest BCUT2D eigenvalue weighted by molar-refractivity contribution is -0.155. The summed E-state index contributed by atoms with van der Waals surface area (Å²) in [6, 6.07) is 19.1. The molecule has 0 saturated heterocycles. The van der Waals surface area contributed by atoms with Crippen LogP contribution >= 0.6 is 0 Å². The summed E-state index contributed by atoms with van der Waals surface area (Å²) < 4.78 is 45.4. The van der Waals surface area contributed by atoms with E-state index in [9.17, 15) is 18.4 Å². The van der Waals surface area contributed by atoms with Gasteiger partial charge in [-0.05, 0) is 63.1 Å². The van der Waals surface area contributed by atoms with Crippen molar-refractivity contribution in [2.24, 2.45) is 4.99 Å². The number of nitrogens with zero attached hydrogens (tertiary/aromatic N) is 1. The van der Waals surface area contributed by atoms with Gasteiger partial charge >= 0.3 is 5.97 Å². The number of carbonyl (C=O) groups is 2. The van der Waals surface area contributed by atoms with E-state index in [0.717, 1.165) is 12.1 Å². The number of ether oxygens (including phenoxy) is 3. The quantitative estimate of drug-likeness (QED) is 0.214. The van der Waals surface area contributed by atoms with Gasteiger partial charge in [-0.25, -0.2) is 13.8 Å². The third kappa shape index (κ3) is 8.16. The maximum atomic E-state index is 14.4. The predicted octanol–water partition coefficient (Wildman–Crippen LogP) is 5.42. The van der Waals surface area contributed by atoms with Crippen molar-refractivity contribution in [3.05, 3.63) is 101 Å². The Kier molecular flexibility index (Phi) is 10.1. The van der Waals surface area contributed by atoms with E-state index in [1.54, 1.807) is 69.3 Å². The second kappa shape index (κ2) is 13.8. The zero-order chi connectivity index (χ0) is 31.0. The first-order valence-electron chi connectivity index (χ1n) is 14.1. The monoisotopic (exact) mass is 594 g/mol. The van der Waals surface area contributed by atoms with E-state index in [4.69, 9.17) is 24.3 Å². The predicted molar refractivity (Wildman–Crippen MR) is 156 cm³/mol. The summed E-state index contributed by atoms with van der Waals surface area (Å²) in [5, 5.41) is 11.7. The summed E-state index contributed by atoms with van der Waals surface area (Å²) in [4.78, 5) is 31.7. The molecule has 4 rings (SSSR count). The van der Waals surface area contributed by atoms with E-state index < -0.39 is 40.8 Å². The van der Waals surface area contributed by atoms with E-state index in [1.807, 2.05) is 6.07 Å². The summed E-state index contributed by atoms with van der Waals surface area (Å²) in [6.07, 6.45) is -0.639. The third-order valence-electron chi connectivity index (χ3n) is 6.72. The Labute approximate surface area is 249 Å². The van der Waals surface area contributed by atoms with Gasteiger partial charge < -0.3 is 24.6 Å². The lowest BCUT2D eigenvalue weighted by Crippen LogP contribution is -2.48.